The van der Waals surface area contributed by atoms with Crippen molar-refractivity contribution < 1.29 is 4.57 Å². The molecule has 11 heavy (non-hydrogen) atoms. The number of alkyl halides is 2. The Morgan fingerprint density at radius 2 is 1.91 bits per heavy atom. The van der Waals surface area contributed by atoms with E-state index in [1.165, 1.54) is 0 Å². The average molecular weight is 272 g/mol. The van der Waals surface area contributed by atoms with Gasteiger partial charge in [0.2, 0.25) is 0 Å². The molecular formula is C4H7Cl4OPSi. The molecule has 0 aliphatic carbocycles. The fourth-order valence-corrected chi connectivity index (χ4v) is 3.27. The average Bonchev–Trinajstić information content (AvgIpc) is 1.78. The van der Waals surface area contributed by atoms with Gasteiger partial charge < -0.3 is 0 Å². The van der Waals surface area contributed by atoms with Gasteiger partial charge in [0.05, 0.1) is 14.0 Å². The molecule has 0 atom stereocenters. The largest absolute Gasteiger partial charge is 0.289 e. The molecule has 0 aromatic rings. The molecule has 0 aliphatic rings. The molecule has 2 radical (unpaired) electrons. The highest BCUT2D eigenvalue weighted by molar-refractivity contribution is 8.08. The summed E-state index contributed by atoms with van der Waals surface area (Å²) in [6.07, 6.45) is 1.07. The van der Waals surface area contributed by atoms with Crippen molar-refractivity contribution in [3.8, 4) is 0 Å². The highest BCUT2D eigenvalue weighted by Crippen LogP contribution is 2.56. The molecule has 0 N–H and O–H groups in total. The molecule has 0 aromatic carbocycles. The quantitative estimate of drug-likeness (QED) is 0.321. The molecule has 7 heteroatoms. The van der Waals surface area contributed by atoms with Crippen molar-refractivity contribution in [2.75, 3.05) is 6.16 Å². The zero-order chi connectivity index (χ0) is 8.91. The van der Waals surface area contributed by atoms with Crippen LogP contribution in [-0.4, -0.2) is 20.1 Å². The Kier molecular flexibility index (Phi) is 7.01. The molecule has 0 unspecified atom stereocenters. The van der Waals surface area contributed by atoms with Crippen LogP contribution in [0.2, 0.25) is 6.04 Å². The molecule has 0 saturated carbocycles. The lowest BCUT2D eigenvalue weighted by Gasteiger charge is -2.00. The molecule has 0 heterocycles. The predicted octanol–water partition coefficient (Wildman–Crippen LogP) is 3.93. The van der Waals surface area contributed by atoms with Crippen LogP contribution < -0.4 is 0 Å². The van der Waals surface area contributed by atoms with Gasteiger partial charge in [0.1, 0.15) is 0 Å². The highest BCUT2D eigenvalue weighted by Gasteiger charge is 2.12. The number of rotatable bonds is 5. The maximum absolute atomic E-state index is 10.7. The van der Waals surface area contributed by atoms with Crippen molar-refractivity contribution in [2.45, 2.75) is 16.9 Å². The summed E-state index contributed by atoms with van der Waals surface area (Å²) in [4.78, 5) is 0. The van der Waals surface area contributed by atoms with Crippen LogP contribution in [0.15, 0.2) is 0 Å². The first-order valence-corrected chi connectivity index (χ1v) is 8.77. The van der Waals surface area contributed by atoms with E-state index in [1.54, 1.807) is 0 Å². The fourth-order valence-electron chi connectivity index (χ4n) is 0.474. The van der Waals surface area contributed by atoms with E-state index in [9.17, 15) is 4.57 Å². The summed E-state index contributed by atoms with van der Waals surface area (Å²) >= 11 is 21.6. The SMILES string of the molecule is O=P(Cl)(Cl)CCC[Si]C(Cl)Cl. The van der Waals surface area contributed by atoms with Crippen molar-refractivity contribution in [3.63, 3.8) is 0 Å². The first-order valence-electron chi connectivity index (χ1n) is 2.92. The number of halogens is 4. The lowest BCUT2D eigenvalue weighted by molar-refractivity contribution is 0.592. The summed E-state index contributed by atoms with van der Waals surface area (Å²) in [5.74, 6) is -2.86. The van der Waals surface area contributed by atoms with E-state index in [-0.39, 0.29) is 4.46 Å². The van der Waals surface area contributed by atoms with Gasteiger partial charge in [-0.05, 0) is 28.9 Å². The van der Waals surface area contributed by atoms with E-state index in [0.717, 1.165) is 12.5 Å². The van der Waals surface area contributed by atoms with Gasteiger partial charge in [-0.1, -0.05) is 6.04 Å². The maximum Gasteiger partial charge on any atom is 0.253 e. The monoisotopic (exact) mass is 270 g/mol. The van der Waals surface area contributed by atoms with E-state index >= 15 is 0 Å². The first kappa shape index (κ1) is 12.6. The van der Waals surface area contributed by atoms with Crippen LogP contribution in [-0.2, 0) is 4.57 Å². The molecule has 1 nitrogen and oxygen atoms in total. The van der Waals surface area contributed by atoms with Gasteiger partial charge in [-0.15, -0.1) is 23.2 Å². The Bertz CT molecular complexity index is 147. The van der Waals surface area contributed by atoms with E-state index in [1.807, 2.05) is 0 Å². The molecule has 0 spiro atoms. The molecule has 0 rings (SSSR count). The molecule has 0 aliphatic heterocycles. The van der Waals surface area contributed by atoms with E-state index in [0.29, 0.717) is 15.7 Å². The summed E-state index contributed by atoms with van der Waals surface area (Å²) in [6, 6.07) is 0.834. The highest BCUT2D eigenvalue weighted by atomic mass is 35.9. The topological polar surface area (TPSA) is 17.1 Å². The van der Waals surface area contributed by atoms with Gasteiger partial charge >= 0.3 is 0 Å². The normalized spacial score (nSPS) is 12.5. The maximum atomic E-state index is 10.7. The summed E-state index contributed by atoms with van der Waals surface area (Å²) in [6.45, 7) is 0. The minimum Gasteiger partial charge on any atom is -0.289 e. The second-order valence-corrected chi connectivity index (χ2v) is 10.6. The Balaban J connectivity index is 3.22. The van der Waals surface area contributed by atoms with Crippen molar-refractivity contribution in [1.82, 2.24) is 0 Å². The van der Waals surface area contributed by atoms with Crippen LogP contribution >= 0.6 is 51.5 Å². The van der Waals surface area contributed by atoms with Crippen LogP contribution in [0.3, 0.4) is 0 Å². The number of hydrogen-bond acceptors (Lipinski definition) is 1. The van der Waals surface area contributed by atoms with E-state index in [2.05, 4.69) is 0 Å². The van der Waals surface area contributed by atoms with Crippen molar-refractivity contribution in [2.24, 2.45) is 0 Å². The van der Waals surface area contributed by atoms with Crippen molar-refractivity contribution >= 4 is 61.1 Å². The van der Waals surface area contributed by atoms with Crippen molar-refractivity contribution in [3.05, 3.63) is 0 Å². The molecule has 0 amide bonds. The van der Waals surface area contributed by atoms with Gasteiger partial charge in [-0.3, -0.25) is 4.57 Å². The standard InChI is InChI=1S/C4H7Cl4OPSi/c5-4(6)11-3-1-2-10(7,8)9/h4H,1-3H2. The first-order chi connectivity index (χ1) is 4.92. The molecule has 0 saturated heterocycles. The van der Waals surface area contributed by atoms with Gasteiger partial charge in [-0.25, -0.2) is 0 Å². The van der Waals surface area contributed by atoms with Crippen LogP contribution in [0.1, 0.15) is 6.42 Å². The van der Waals surface area contributed by atoms with E-state index < -0.39 is 5.85 Å². The summed E-state index contributed by atoms with van der Waals surface area (Å²) in [7, 11) is 0.467. The third-order valence-electron chi connectivity index (χ3n) is 0.894. The Labute approximate surface area is 88.5 Å². The minimum atomic E-state index is -2.86. The minimum absolute atomic E-state index is 0.319. The lowest BCUT2D eigenvalue weighted by atomic mass is 10.6. The van der Waals surface area contributed by atoms with Gasteiger partial charge in [0, 0.05) is 6.16 Å². The Hall–Kier alpha value is 1.61. The van der Waals surface area contributed by atoms with Crippen LogP contribution in [0.5, 0.6) is 0 Å². The number of hydrogen-bond donors (Lipinski definition) is 0. The second kappa shape index (κ2) is 6.12. The third-order valence-corrected chi connectivity index (χ3v) is 4.62. The van der Waals surface area contributed by atoms with Gasteiger partial charge in [0.25, 0.3) is 5.85 Å². The van der Waals surface area contributed by atoms with Crippen LogP contribution in [0.4, 0.5) is 0 Å². The molecule has 66 valence electrons. The Morgan fingerprint density at radius 3 is 2.27 bits per heavy atom. The molecular weight excluding hydrogens is 265 g/mol. The van der Waals surface area contributed by atoms with Gasteiger partial charge in [0.15, 0.2) is 0 Å². The predicted molar refractivity (Wildman–Crippen MR) is 54.9 cm³/mol. The molecule has 0 aromatic heterocycles. The fraction of sp³-hybridized carbons (Fsp3) is 1.00. The molecule has 0 fully saturated rings. The van der Waals surface area contributed by atoms with Crippen LogP contribution in [0.25, 0.3) is 0 Å². The summed E-state index contributed by atoms with van der Waals surface area (Å²) in [5.41, 5.74) is 0. The van der Waals surface area contributed by atoms with E-state index in [4.69, 9.17) is 45.7 Å². The van der Waals surface area contributed by atoms with Crippen LogP contribution in [0, 0.1) is 0 Å². The second-order valence-electron chi connectivity index (χ2n) is 1.90. The van der Waals surface area contributed by atoms with Crippen molar-refractivity contribution in [1.29, 1.82) is 0 Å². The zero-order valence-electron chi connectivity index (χ0n) is 5.57. The third kappa shape index (κ3) is 11.6. The van der Waals surface area contributed by atoms with Gasteiger partial charge in [-0.2, -0.15) is 0 Å². The summed E-state index contributed by atoms with van der Waals surface area (Å²) < 4.78 is 10.4. The lowest BCUT2D eigenvalue weighted by Crippen LogP contribution is -2.00. The smallest absolute Gasteiger partial charge is 0.253 e. The zero-order valence-corrected chi connectivity index (χ0v) is 10.5. The summed E-state index contributed by atoms with van der Waals surface area (Å²) in [5, 5.41) is 0. The Morgan fingerprint density at radius 1 is 1.36 bits per heavy atom. The molecule has 0 bridgehead atoms.